The van der Waals surface area contributed by atoms with Crippen molar-refractivity contribution in [3.63, 3.8) is 0 Å². The Labute approximate surface area is 176 Å². The van der Waals surface area contributed by atoms with Crippen molar-refractivity contribution in [2.45, 2.75) is 26.7 Å². The smallest absolute Gasteiger partial charge is 0.224 e. The zero-order chi connectivity index (χ0) is 20.9. The van der Waals surface area contributed by atoms with Crippen LogP contribution >= 0.6 is 0 Å². The van der Waals surface area contributed by atoms with E-state index in [1.807, 2.05) is 92.7 Å². The normalized spacial score (nSPS) is 10.7. The minimum absolute atomic E-state index is 0.0480. The first kappa shape index (κ1) is 19.6. The van der Waals surface area contributed by atoms with Gasteiger partial charge in [0.25, 0.3) is 0 Å². The number of nitrogens with one attached hydrogen (secondary N) is 1. The minimum Gasteiger partial charge on any atom is -0.440 e. The number of aryl methyl sites for hydroxylation is 3. The molecule has 0 saturated heterocycles. The van der Waals surface area contributed by atoms with E-state index in [9.17, 15) is 4.79 Å². The topological polar surface area (TPSA) is 55.1 Å². The Morgan fingerprint density at radius 3 is 2.07 bits per heavy atom. The molecule has 4 heteroatoms. The van der Waals surface area contributed by atoms with Crippen LogP contribution in [0.1, 0.15) is 23.4 Å². The lowest BCUT2D eigenvalue weighted by atomic mass is 10.1. The highest BCUT2D eigenvalue weighted by molar-refractivity contribution is 5.92. The summed E-state index contributed by atoms with van der Waals surface area (Å²) in [5.41, 5.74) is 5.74. The molecule has 4 aromatic rings. The molecule has 0 unspecified atom stereocenters. The Morgan fingerprint density at radius 1 is 0.833 bits per heavy atom. The molecule has 4 rings (SSSR count). The van der Waals surface area contributed by atoms with Crippen molar-refractivity contribution in [1.29, 1.82) is 0 Å². The van der Waals surface area contributed by atoms with Crippen molar-refractivity contribution in [2.75, 3.05) is 5.32 Å². The highest BCUT2D eigenvalue weighted by atomic mass is 16.4. The molecule has 1 amide bonds. The van der Waals surface area contributed by atoms with Crippen molar-refractivity contribution >= 4 is 11.6 Å². The maximum atomic E-state index is 12.5. The van der Waals surface area contributed by atoms with E-state index in [2.05, 4.69) is 5.32 Å². The average Bonchev–Trinajstić information content (AvgIpc) is 3.21. The predicted octanol–water partition coefficient (Wildman–Crippen LogP) is 6.20. The Morgan fingerprint density at radius 2 is 1.43 bits per heavy atom. The van der Waals surface area contributed by atoms with Gasteiger partial charge >= 0.3 is 0 Å². The summed E-state index contributed by atoms with van der Waals surface area (Å²) < 4.78 is 6.11. The number of aromatic nitrogens is 1. The molecule has 0 aliphatic carbocycles. The van der Waals surface area contributed by atoms with Crippen LogP contribution in [0.4, 0.5) is 5.69 Å². The standard InChI is InChI=1S/C26H24N2O2/c1-18-10-9-11-19(2)24(18)27-22(29)16-17-23-28-25(20-12-5-3-6-13-20)26(30-23)21-14-7-4-8-15-21/h3-15H,16-17H2,1-2H3,(H,27,29). The van der Waals surface area contributed by atoms with Gasteiger partial charge in [-0.3, -0.25) is 4.79 Å². The molecule has 0 bridgehead atoms. The Balaban J connectivity index is 1.55. The van der Waals surface area contributed by atoms with Gasteiger partial charge in [-0.15, -0.1) is 0 Å². The molecular formula is C26H24N2O2. The van der Waals surface area contributed by atoms with Gasteiger partial charge in [-0.25, -0.2) is 4.98 Å². The van der Waals surface area contributed by atoms with Crippen LogP contribution in [0.25, 0.3) is 22.6 Å². The van der Waals surface area contributed by atoms with E-state index in [4.69, 9.17) is 9.40 Å². The van der Waals surface area contributed by atoms with E-state index >= 15 is 0 Å². The average molecular weight is 396 g/mol. The number of para-hydroxylation sites is 1. The second-order valence-electron chi connectivity index (χ2n) is 7.33. The van der Waals surface area contributed by atoms with Gasteiger partial charge in [0.15, 0.2) is 11.7 Å². The second kappa shape index (κ2) is 8.78. The van der Waals surface area contributed by atoms with Crippen LogP contribution in [0.5, 0.6) is 0 Å². The van der Waals surface area contributed by atoms with Gasteiger partial charge in [0.1, 0.15) is 5.69 Å². The van der Waals surface area contributed by atoms with Crippen molar-refractivity contribution in [3.8, 4) is 22.6 Å². The van der Waals surface area contributed by atoms with E-state index in [0.717, 1.165) is 39.4 Å². The summed E-state index contributed by atoms with van der Waals surface area (Å²) in [6.45, 7) is 3.99. The Hall–Kier alpha value is -3.66. The fraction of sp³-hybridized carbons (Fsp3) is 0.154. The molecule has 3 aromatic carbocycles. The number of hydrogen-bond donors (Lipinski definition) is 1. The van der Waals surface area contributed by atoms with Gasteiger partial charge in [-0.05, 0) is 25.0 Å². The molecule has 1 aromatic heterocycles. The molecule has 0 fully saturated rings. The molecule has 0 atom stereocenters. The minimum atomic E-state index is -0.0480. The van der Waals surface area contributed by atoms with E-state index in [0.29, 0.717) is 18.7 Å². The molecule has 30 heavy (non-hydrogen) atoms. The number of oxazole rings is 1. The van der Waals surface area contributed by atoms with Crippen molar-refractivity contribution in [3.05, 3.63) is 95.9 Å². The van der Waals surface area contributed by atoms with Gasteiger partial charge in [0, 0.05) is 29.7 Å². The van der Waals surface area contributed by atoms with Crippen LogP contribution in [-0.4, -0.2) is 10.9 Å². The summed E-state index contributed by atoms with van der Waals surface area (Å²) in [4.78, 5) is 17.3. The van der Waals surface area contributed by atoms with Gasteiger partial charge in [-0.2, -0.15) is 0 Å². The first-order valence-corrected chi connectivity index (χ1v) is 10.1. The number of benzene rings is 3. The number of amides is 1. The quantitative estimate of drug-likeness (QED) is 0.422. The fourth-order valence-electron chi connectivity index (χ4n) is 3.48. The summed E-state index contributed by atoms with van der Waals surface area (Å²) in [5.74, 6) is 1.24. The van der Waals surface area contributed by atoms with Crippen LogP contribution < -0.4 is 5.32 Å². The molecule has 1 heterocycles. The molecule has 0 aliphatic heterocycles. The molecule has 0 aliphatic rings. The molecule has 0 saturated carbocycles. The van der Waals surface area contributed by atoms with E-state index < -0.39 is 0 Å². The van der Waals surface area contributed by atoms with Gasteiger partial charge in [0.2, 0.25) is 5.91 Å². The lowest BCUT2D eigenvalue weighted by molar-refractivity contribution is -0.116. The fourth-order valence-corrected chi connectivity index (χ4v) is 3.48. The summed E-state index contributed by atoms with van der Waals surface area (Å²) in [6.07, 6.45) is 0.736. The molecule has 0 radical (unpaired) electrons. The third-order valence-corrected chi connectivity index (χ3v) is 5.07. The Bertz CT molecular complexity index is 1070. The summed E-state index contributed by atoms with van der Waals surface area (Å²) in [6, 6.07) is 25.9. The maximum absolute atomic E-state index is 12.5. The number of carbonyl (C=O) groups excluding carboxylic acids is 1. The highest BCUT2D eigenvalue weighted by Gasteiger charge is 2.17. The van der Waals surface area contributed by atoms with E-state index in [1.54, 1.807) is 0 Å². The first-order chi connectivity index (χ1) is 14.6. The van der Waals surface area contributed by atoms with Crippen molar-refractivity contribution < 1.29 is 9.21 Å². The van der Waals surface area contributed by atoms with Gasteiger partial charge in [0.05, 0.1) is 0 Å². The van der Waals surface area contributed by atoms with Crippen LogP contribution in [0, 0.1) is 13.8 Å². The summed E-state index contributed by atoms with van der Waals surface area (Å²) in [5, 5.41) is 3.03. The first-order valence-electron chi connectivity index (χ1n) is 10.1. The zero-order valence-electron chi connectivity index (χ0n) is 17.2. The lowest BCUT2D eigenvalue weighted by Crippen LogP contribution is -2.14. The molecule has 1 N–H and O–H groups in total. The maximum Gasteiger partial charge on any atom is 0.224 e. The SMILES string of the molecule is Cc1cccc(C)c1NC(=O)CCc1nc(-c2ccccc2)c(-c2ccccc2)o1. The zero-order valence-corrected chi connectivity index (χ0v) is 17.2. The van der Waals surface area contributed by atoms with E-state index in [1.165, 1.54) is 0 Å². The third kappa shape index (κ3) is 4.33. The van der Waals surface area contributed by atoms with E-state index in [-0.39, 0.29) is 5.91 Å². The predicted molar refractivity (Wildman–Crippen MR) is 120 cm³/mol. The van der Waals surface area contributed by atoms with Crippen LogP contribution in [0.15, 0.2) is 83.3 Å². The third-order valence-electron chi connectivity index (χ3n) is 5.07. The highest BCUT2D eigenvalue weighted by Crippen LogP contribution is 2.33. The summed E-state index contributed by atoms with van der Waals surface area (Å²) >= 11 is 0. The van der Waals surface area contributed by atoms with Crippen LogP contribution in [-0.2, 0) is 11.2 Å². The number of rotatable bonds is 6. The second-order valence-corrected chi connectivity index (χ2v) is 7.33. The Kier molecular flexibility index (Phi) is 5.75. The largest absolute Gasteiger partial charge is 0.440 e. The van der Waals surface area contributed by atoms with Crippen LogP contribution in [0.3, 0.4) is 0 Å². The molecular weight excluding hydrogens is 372 g/mol. The molecule has 4 nitrogen and oxygen atoms in total. The summed E-state index contributed by atoms with van der Waals surface area (Å²) in [7, 11) is 0. The van der Waals surface area contributed by atoms with Gasteiger partial charge in [-0.1, -0.05) is 78.9 Å². The monoisotopic (exact) mass is 396 g/mol. The molecule has 150 valence electrons. The van der Waals surface area contributed by atoms with Gasteiger partial charge < -0.3 is 9.73 Å². The number of carbonyl (C=O) groups is 1. The number of nitrogens with zero attached hydrogens (tertiary/aromatic N) is 1. The van der Waals surface area contributed by atoms with Crippen LogP contribution in [0.2, 0.25) is 0 Å². The van der Waals surface area contributed by atoms with Crippen molar-refractivity contribution in [1.82, 2.24) is 4.98 Å². The number of hydrogen-bond acceptors (Lipinski definition) is 3. The van der Waals surface area contributed by atoms with Crippen molar-refractivity contribution in [2.24, 2.45) is 0 Å². The molecule has 0 spiro atoms. The number of anilines is 1. The lowest BCUT2D eigenvalue weighted by Gasteiger charge is -2.10.